The number of furan rings is 1. The summed E-state index contributed by atoms with van der Waals surface area (Å²) in [5.41, 5.74) is 10.8. The predicted molar refractivity (Wildman–Crippen MR) is 188 cm³/mol. The highest BCUT2D eigenvalue weighted by Gasteiger charge is 2.20. The second kappa shape index (κ2) is 10.3. The van der Waals surface area contributed by atoms with E-state index < -0.39 is 0 Å². The van der Waals surface area contributed by atoms with Crippen LogP contribution in [0.5, 0.6) is 0 Å². The zero-order valence-corrected chi connectivity index (χ0v) is 24.5. The molecule has 2 heterocycles. The molecule has 3 nitrogen and oxygen atoms in total. The van der Waals surface area contributed by atoms with Crippen LogP contribution >= 0.6 is 0 Å². The van der Waals surface area contributed by atoms with Crippen molar-refractivity contribution >= 4 is 60.8 Å². The number of rotatable bonds is 5. The molecular weight excluding hydrogens is 548 g/mol. The van der Waals surface area contributed by atoms with Gasteiger partial charge in [0.2, 0.25) is 0 Å². The molecule has 0 saturated carbocycles. The number of benzene rings is 7. The number of aromatic nitrogens is 1. The fraction of sp³-hybridized carbons (Fsp3) is 0. The minimum atomic E-state index is 0.888. The lowest BCUT2D eigenvalue weighted by Gasteiger charge is -2.26. The molecule has 45 heavy (non-hydrogen) atoms. The van der Waals surface area contributed by atoms with Crippen molar-refractivity contribution in [1.29, 1.82) is 0 Å². The van der Waals surface area contributed by atoms with Gasteiger partial charge >= 0.3 is 0 Å². The average molecular weight is 577 g/mol. The molecule has 3 heteroatoms. The average Bonchev–Trinajstić information content (AvgIpc) is 3.65. The Morgan fingerprint density at radius 3 is 1.58 bits per heavy atom. The normalized spacial score (nSPS) is 11.6. The second-order valence-electron chi connectivity index (χ2n) is 11.4. The summed E-state index contributed by atoms with van der Waals surface area (Å²) < 4.78 is 8.93. The number of anilines is 3. The molecule has 0 fully saturated rings. The van der Waals surface area contributed by atoms with Crippen LogP contribution in [-0.2, 0) is 0 Å². The van der Waals surface area contributed by atoms with Crippen molar-refractivity contribution in [1.82, 2.24) is 4.57 Å². The van der Waals surface area contributed by atoms with Crippen LogP contribution in [0.2, 0.25) is 0 Å². The molecule has 0 spiro atoms. The van der Waals surface area contributed by atoms with E-state index >= 15 is 0 Å². The highest BCUT2D eigenvalue weighted by molar-refractivity contribution is 6.12. The molecule has 0 aliphatic heterocycles. The van der Waals surface area contributed by atoms with Crippen LogP contribution < -0.4 is 4.90 Å². The third-order valence-corrected chi connectivity index (χ3v) is 8.77. The van der Waals surface area contributed by atoms with E-state index in [4.69, 9.17) is 4.42 Å². The van der Waals surface area contributed by atoms with Gasteiger partial charge in [-0.3, -0.25) is 0 Å². The van der Waals surface area contributed by atoms with Crippen LogP contribution in [0.25, 0.3) is 60.6 Å². The zero-order valence-electron chi connectivity index (χ0n) is 24.5. The van der Waals surface area contributed by atoms with Crippen LogP contribution in [0.3, 0.4) is 0 Å². The predicted octanol–water partition coefficient (Wildman–Crippen LogP) is 11.8. The summed E-state index contributed by atoms with van der Waals surface area (Å²) in [6.45, 7) is 0. The Bertz CT molecular complexity index is 2380. The van der Waals surface area contributed by atoms with Crippen molar-refractivity contribution in [2.24, 2.45) is 0 Å². The van der Waals surface area contributed by atoms with Gasteiger partial charge in [0.1, 0.15) is 11.2 Å². The quantitative estimate of drug-likeness (QED) is 0.203. The van der Waals surface area contributed by atoms with Gasteiger partial charge in [-0.15, -0.1) is 0 Å². The van der Waals surface area contributed by atoms with Crippen LogP contribution in [0.1, 0.15) is 0 Å². The van der Waals surface area contributed by atoms with Crippen molar-refractivity contribution in [3.05, 3.63) is 170 Å². The Morgan fingerprint density at radius 2 is 0.956 bits per heavy atom. The fourth-order valence-electron chi connectivity index (χ4n) is 6.75. The second-order valence-corrected chi connectivity index (χ2v) is 11.4. The van der Waals surface area contributed by atoms with Gasteiger partial charge in [-0.25, -0.2) is 0 Å². The Kier molecular flexibility index (Phi) is 5.82. The van der Waals surface area contributed by atoms with E-state index in [2.05, 4.69) is 173 Å². The van der Waals surface area contributed by atoms with Crippen LogP contribution in [0.15, 0.2) is 174 Å². The number of hydrogen-bond acceptors (Lipinski definition) is 2. The highest BCUT2D eigenvalue weighted by Crippen LogP contribution is 2.43. The smallest absolute Gasteiger partial charge is 0.143 e. The van der Waals surface area contributed by atoms with E-state index in [1.165, 1.54) is 21.8 Å². The van der Waals surface area contributed by atoms with Crippen LogP contribution in [-0.4, -0.2) is 4.57 Å². The van der Waals surface area contributed by atoms with E-state index in [1.54, 1.807) is 0 Å². The molecule has 9 rings (SSSR count). The minimum absolute atomic E-state index is 0.888. The molecule has 0 N–H and O–H groups in total. The number of fused-ring (bicyclic) bond motifs is 6. The first-order valence-corrected chi connectivity index (χ1v) is 15.3. The molecular formula is C42H28N2O. The van der Waals surface area contributed by atoms with Gasteiger partial charge in [-0.05, 0) is 72.3 Å². The third kappa shape index (κ3) is 4.13. The lowest BCUT2D eigenvalue weighted by atomic mass is 10.00. The van der Waals surface area contributed by atoms with Gasteiger partial charge in [0.05, 0.1) is 11.0 Å². The van der Waals surface area contributed by atoms with Crippen molar-refractivity contribution in [2.75, 3.05) is 4.90 Å². The van der Waals surface area contributed by atoms with Crippen LogP contribution in [0.4, 0.5) is 17.1 Å². The summed E-state index contributed by atoms with van der Waals surface area (Å²) in [5, 5.41) is 4.73. The topological polar surface area (TPSA) is 21.3 Å². The summed E-state index contributed by atoms with van der Waals surface area (Å²) >= 11 is 0. The highest BCUT2D eigenvalue weighted by atomic mass is 16.3. The minimum Gasteiger partial charge on any atom is -0.455 e. The Labute approximate surface area is 260 Å². The lowest BCUT2D eigenvalue weighted by molar-refractivity contribution is 0.670. The van der Waals surface area contributed by atoms with Gasteiger partial charge in [0.25, 0.3) is 0 Å². The molecule has 0 unspecified atom stereocenters. The van der Waals surface area contributed by atoms with Gasteiger partial charge in [-0.1, -0.05) is 103 Å². The number of hydrogen-bond donors (Lipinski definition) is 0. The first-order chi connectivity index (χ1) is 22.3. The monoisotopic (exact) mass is 576 g/mol. The number of para-hydroxylation sites is 5. The molecule has 9 aromatic rings. The zero-order chi connectivity index (χ0) is 29.7. The van der Waals surface area contributed by atoms with Crippen LogP contribution in [0, 0.1) is 0 Å². The van der Waals surface area contributed by atoms with Gasteiger partial charge in [0, 0.05) is 49.9 Å². The van der Waals surface area contributed by atoms with Gasteiger partial charge in [-0.2, -0.15) is 0 Å². The molecule has 2 aromatic heterocycles. The summed E-state index contributed by atoms with van der Waals surface area (Å²) in [5.74, 6) is 0. The first kappa shape index (κ1) is 25.4. The molecule has 0 amide bonds. The van der Waals surface area contributed by atoms with E-state index in [0.29, 0.717) is 0 Å². The SMILES string of the molecule is c1ccc(N(c2ccccc2)c2cc(-c3ccc(-n4c5ccccc5c5ccccc54)cc3)c3oc4ccccc4c3c2)cc1. The summed E-state index contributed by atoms with van der Waals surface area (Å²) in [6, 6.07) is 60.1. The maximum Gasteiger partial charge on any atom is 0.143 e. The Morgan fingerprint density at radius 1 is 0.422 bits per heavy atom. The fourth-order valence-corrected chi connectivity index (χ4v) is 6.75. The standard InChI is InChI=1S/C42H28N2O/c1-3-13-30(14-4-1)43(31-15-5-2-6-16-31)33-27-37(42-38(28-33)36-19-9-12-22-41(36)45-42)29-23-25-32(26-24-29)44-39-20-10-7-17-34(39)35-18-8-11-21-40(35)44/h1-28H. The Hall–Kier alpha value is -6.06. The maximum absolute atomic E-state index is 6.58. The van der Waals surface area contributed by atoms with E-state index in [0.717, 1.165) is 55.8 Å². The van der Waals surface area contributed by atoms with Crippen molar-refractivity contribution in [3.63, 3.8) is 0 Å². The molecule has 0 bridgehead atoms. The largest absolute Gasteiger partial charge is 0.455 e. The van der Waals surface area contributed by atoms with Crippen molar-refractivity contribution in [3.8, 4) is 16.8 Å². The molecule has 0 radical (unpaired) electrons. The third-order valence-electron chi connectivity index (χ3n) is 8.77. The van der Waals surface area contributed by atoms with E-state index in [1.807, 2.05) is 6.07 Å². The Balaban J connectivity index is 1.26. The molecule has 0 saturated heterocycles. The van der Waals surface area contributed by atoms with E-state index in [-0.39, 0.29) is 0 Å². The molecule has 0 aliphatic rings. The van der Waals surface area contributed by atoms with Gasteiger partial charge < -0.3 is 13.9 Å². The maximum atomic E-state index is 6.58. The van der Waals surface area contributed by atoms with Crippen molar-refractivity contribution in [2.45, 2.75) is 0 Å². The molecule has 7 aromatic carbocycles. The number of nitrogens with zero attached hydrogens (tertiary/aromatic N) is 2. The molecule has 0 aliphatic carbocycles. The first-order valence-electron chi connectivity index (χ1n) is 15.3. The summed E-state index contributed by atoms with van der Waals surface area (Å²) in [7, 11) is 0. The lowest BCUT2D eigenvalue weighted by Crippen LogP contribution is -2.09. The molecule has 212 valence electrons. The molecule has 0 atom stereocenters. The summed E-state index contributed by atoms with van der Waals surface area (Å²) in [4.78, 5) is 2.32. The summed E-state index contributed by atoms with van der Waals surface area (Å²) in [6.07, 6.45) is 0. The van der Waals surface area contributed by atoms with Crippen molar-refractivity contribution < 1.29 is 4.42 Å². The van der Waals surface area contributed by atoms with Gasteiger partial charge in [0.15, 0.2) is 0 Å². The van der Waals surface area contributed by atoms with E-state index in [9.17, 15) is 0 Å².